The van der Waals surface area contributed by atoms with E-state index in [1.165, 1.54) is 4.90 Å². The molecule has 1 saturated carbocycles. The van der Waals surface area contributed by atoms with Crippen LogP contribution in [0.3, 0.4) is 0 Å². The molecule has 0 aromatic heterocycles. The molecule has 3 N–H and O–H groups in total. The van der Waals surface area contributed by atoms with Crippen molar-refractivity contribution >= 4 is 18.0 Å². The first-order valence-electron chi connectivity index (χ1n) is 12.2. The first-order valence-corrected chi connectivity index (χ1v) is 12.2. The molecule has 2 fully saturated rings. The SMILES string of the molecule is O=C(NCC1(CC(=O)N2CC(O)C[C@H]2C(=O)O)CCC1)OCC1c2ccccc2-c2ccccc21. The number of aliphatic carboxylic acids is 1. The van der Waals surface area contributed by atoms with Gasteiger partial charge in [0.2, 0.25) is 5.91 Å². The molecule has 1 unspecified atom stereocenters. The lowest BCUT2D eigenvalue weighted by atomic mass is 9.66. The summed E-state index contributed by atoms with van der Waals surface area (Å²) in [5.41, 5.74) is 4.21. The topological polar surface area (TPSA) is 116 Å². The van der Waals surface area contributed by atoms with E-state index in [0.717, 1.165) is 41.5 Å². The lowest BCUT2D eigenvalue weighted by Crippen LogP contribution is -2.48. The van der Waals surface area contributed by atoms with Crippen LogP contribution in [-0.2, 0) is 14.3 Å². The highest BCUT2D eigenvalue weighted by Gasteiger charge is 2.44. The number of amides is 2. The number of nitrogens with one attached hydrogen (secondary N) is 1. The number of carboxylic acids is 1. The number of β-amino-alcohol motifs (C(OH)–C–C–N with tert-alkyl or cyclic N) is 1. The van der Waals surface area contributed by atoms with Crippen molar-refractivity contribution in [1.29, 1.82) is 0 Å². The molecule has 1 aliphatic heterocycles. The molecule has 3 aliphatic rings. The zero-order chi connectivity index (χ0) is 24.6. The van der Waals surface area contributed by atoms with E-state index >= 15 is 0 Å². The molecule has 2 amide bonds. The van der Waals surface area contributed by atoms with E-state index in [1.54, 1.807) is 0 Å². The molecule has 2 aliphatic carbocycles. The van der Waals surface area contributed by atoms with Crippen molar-refractivity contribution < 1.29 is 29.3 Å². The first kappa shape index (κ1) is 23.4. The van der Waals surface area contributed by atoms with Crippen LogP contribution >= 0.6 is 0 Å². The lowest BCUT2D eigenvalue weighted by Gasteiger charge is -2.42. The molecule has 1 saturated heterocycles. The predicted octanol–water partition coefficient (Wildman–Crippen LogP) is 3.13. The van der Waals surface area contributed by atoms with Crippen LogP contribution < -0.4 is 5.32 Å². The van der Waals surface area contributed by atoms with Crippen LogP contribution in [0.15, 0.2) is 48.5 Å². The van der Waals surface area contributed by atoms with Gasteiger partial charge in [0.1, 0.15) is 12.6 Å². The smallest absolute Gasteiger partial charge is 0.407 e. The Morgan fingerprint density at radius 2 is 1.66 bits per heavy atom. The number of alkyl carbamates (subject to hydrolysis) is 1. The quantitative estimate of drug-likeness (QED) is 0.563. The molecule has 1 heterocycles. The monoisotopic (exact) mass is 478 g/mol. The largest absolute Gasteiger partial charge is 0.480 e. The van der Waals surface area contributed by atoms with Crippen LogP contribution in [0.2, 0.25) is 0 Å². The summed E-state index contributed by atoms with van der Waals surface area (Å²) in [7, 11) is 0. The predicted molar refractivity (Wildman–Crippen MR) is 128 cm³/mol. The molecule has 35 heavy (non-hydrogen) atoms. The Hall–Kier alpha value is -3.39. The van der Waals surface area contributed by atoms with E-state index < -0.39 is 29.6 Å². The molecule has 184 valence electrons. The molecule has 2 atom stereocenters. The second-order valence-corrected chi connectivity index (χ2v) is 10.00. The average molecular weight is 479 g/mol. The van der Waals surface area contributed by atoms with E-state index in [-0.39, 0.29) is 37.8 Å². The molecular formula is C27H30N2O6. The Bertz CT molecular complexity index is 1100. The van der Waals surface area contributed by atoms with Gasteiger partial charge in [-0.3, -0.25) is 4.79 Å². The minimum atomic E-state index is -1.10. The maximum atomic E-state index is 12.9. The van der Waals surface area contributed by atoms with E-state index in [1.807, 2.05) is 24.3 Å². The molecule has 0 spiro atoms. The number of carboxylic acid groups (broad SMARTS) is 1. The minimum absolute atomic E-state index is 0.0260. The van der Waals surface area contributed by atoms with Crippen molar-refractivity contribution in [3.05, 3.63) is 59.7 Å². The molecule has 8 heteroatoms. The molecular weight excluding hydrogens is 448 g/mol. The number of fused-ring (bicyclic) bond motifs is 3. The van der Waals surface area contributed by atoms with Gasteiger partial charge in [-0.2, -0.15) is 0 Å². The number of rotatable bonds is 7. The van der Waals surface area contributed by atoms with Crippen LogP contribution in [0, 0.1) is 5.41 Å². The van der Waals surface area contributed by atoms with Crippen molar-refractivity contribution in [2.24, 2.45) is 5.41 Å². The fraction of sp³-hybridized carbons (Fsp3) is 0.444. The number of aliphatic hydroxyl groups excluding tert-OH is 1. The van der Waals surface area contributed by atoms with E-state index in [4.69, 9.17) is 4.74 Å². The Labute approximate surface area is 203 Å². The highest BCUT2D eigenvalue weighted by atomic mass is 16.5. The maximum absolute atomic E-state index is 12.9. The summed E-state index contributed by atoms with van der Waals surface area (Å²) < 4.78 is 5.61. The Kier molecular flexibility index (Phi) is 6.23. The van der Waals surface area contributed by atoms with Crippen LogP contribution in [-0.4, -0.2) is 64.9 Å². The molecule has 0 bridgehead atoms. The van der Waals surface area contributed by atoms with Gasteiger partial charge in [0.25, 0.3) is 0 Å². The maximum Gasteiger partial charge on any atom is 0.407 e. The van der Waals surface area contributed by atoms with Gasteiger partial charge in [0, 0.05) is 31.8 Å². The Morgan fingerprint density at radius 3 is 2.23 bits per heavy atom. The van der Waals surface area contributed by atoms with Crippen molar-refractivity contribution in [2.45, 2.75) is 50.2 Å². The minimum Gasteiger partial charge on any atom is -0.480 e. The van der Waals surface area contributed by atoms with Gasteiger partial charge in [-0.15, -0.1) is 0 Å². The van der Waals surface area contributed by atoms with Crippen molar-refractivity contribution in [3.63, 3.8) is 0 Å². The third-order valence-electron chi connectivity index (χ3n) is 7.78. The highest BCUT2D eigenvalue weighted by molar-refractivity contribution is 5.85. The molecule has 5 rings (SSSR count). The Morgan fingerprint density at radius 1 is 1.03 bits per heavy atom. The third kappa shape index (κ3) is 4.50. The number of ether oxygens (including phenoxy) is 1. The van der Waals surface area contributed by atoms with Crippen molar-refractivity contribution in [3.8, 4) is 11.1 Å². The summed E-state index contributed by atoms with van der Waals surface area (Å²) in [4.78, 5) is 38.2. The third-order valence-corrected chi connectivity index (χ3v) is 7.78. The van der Waals surface area contributed by atoms with Gasteiger partial charge in [0.05, 0.1) is 6.10 Å². The highest BCUT2D eigenvalue weighted by Crippen LogP contribution is 2.45. The number of benzene rings is 2. The van der Waals surface area contributed by atoms with Gasteiger partial charge in [-0.1, -0.05) is 55.0 Å². The number of aliphatic hydroxyl groups is 1. The fourth-order valence-corrected chi connectivity index (χ4v) is 5.75. The summed E-state index contributed by atoms with van der Waals surface area (Å²) >= 11 is 0. The van der Waals surface area contributed by atoms with E-state index in [0.29, 0.717) is 6.54 Å². The van der Waals surface area contributed by atoms with Gasteiger partial charge in [-0.25, -0.2) is 9.59 Å². The number of hydrogen-bond donors (Lipinski definition) is 3. The van der Waals surface area contributed by atoms with Gasteiger partial charge < -0.3 is 25.2 Å². The number of carbonyl (C=O) groups excluding carboxylic acids is 2. The lowest BCUT2D eigenvalue weighted by molar-refractivity contribution is -0.149. The normalized spacial score (nSPS) is 22.1. The molecule has 2 aromatic rings. The second-order valence-electron chi connectivity index (χ2n) is 10.00. The molecule has 0 radical (unpaired) electrons. The summed E-state index contributed by atoms with van der Waals surface area (Å²) in [5, 5.41) is 22.1. The van der Waals surface area contributed by atoms with E-state index in [9.17, 15) is 24.6 Å². The number of carbonyl (C=O) groups is 3. The number of likely N-dealkylation sites (tertiary alicyclic amines) is 1. The van der Waals surface area contributed by atoms with Gasteiger partial charge in [-0.05, 0) is 40.5 Å². The number of nitrogens with zero attached hydrogens (tertiary/aromatic N) is 1. The van der Waals surface area contributed by atoms with Crippen LogP contribution in [0.4, 0.5) is 4.79 Å². The molecule has 8 nitrogen and oxygen atoms in total. The Balaban J connectivity index is 1.17. The van der Waals surface area contributed by atoms with Gasteiger partial charge >= 0.3 is 12.1 Å². The average Bonchev–Trinajstić information content (AvgIpc) is 3.38. The van der Waals surface area contributed by atoms with E-state index in [2.05, 4.69) is 29.6 Å². The standard InChI is InChI=1S/C27H30N2O6/c30-17-12-23(25(32)33)29(14-17)24(31)13-27(10-5-11-27)16-28-26(34)35-15-22-20-8-3-1-6-18(20)19-7-2-4-9-21(19)22/h1-4,6-9,17,22-23,30H,5,10-16H2,(H,28,34)(H,32,33)/t17?,23-/m0/s1. The first-order chi connectivity index (χ1) is 16.9. The summed E-state index contributed by atoms with van der Waals surface area (Å²) in [6.07, 6.45) is 1.35. The summed E-state index contributed by atoms with van der Waals surface area (Å²) in [6, 6.07) is 15.3. The van der Waals surface area contributed by atoms with Crippen molar-refractivity contribution in [1.82, 2.24) is 10.2 Å². The fourth-order valence-electron chi connectivity index (χ4n) is 5.75. The zero-order valence-corrected chi connectivity index (χ0v) is 19.5. The second kappa shape index (κ2) is 9.34. The summed E-state index contributed by atoms with van der Waals surface area (Å²) in [6.45, 7) is 0.549. The molecule has 2 aromatic carbocycles. The number of hydrogen-bond acceptors (Lipinski definition) is 5. The van der Waals surface area contributed by atoms with Crippen LogP contribution in [0.5, 0.6) is 0 Å². The van der Waals surface area contributed by atoms with Crippen LogP contribution in [0.25, 0.3) is 11.1 Å². The summed E-state index contributed by atoms with van der Waals surface area (Å²) in [5.74, 6) is -1.42. The van der Waals surface area contributed by atoms with Crippen LogP contribution in [0.1, 0.15) is 49.1 Å². The van der Waals surface area contributed by atoms with Gasteiger partial charge in [0.15, 0.2) is 0 Å². The van der Waals surface area contributed by atoms with Crippen molar-refractivity contribution in [2.75, 3.05) is 19.7 Å². The zero-order valence-electron chi connectivity index (χ0n) is 19.5.